The number of ether oxygens (including phenoxy) is 1. The van der Waals surface area contributed by atoms with Crippen LogP contribution in [0.25, 0.3) is 0 Å². The Morgan fingerprint density at radius 1 is 1.16 bits per heavy atom. The molecule has 2 nitrogen and oxygen atoms in total. The second kappa shape index (κ2) is 6.80. The highest BCUT2D eigenvalue weighted by molar-refractivity contribution is 5.29. The fraction of sp³-hybridized carbons (Fsp3) is 0.571. The van der Waals surface area contributed by atoms with Crippen LogP contribution in [-0.2, 0) is 0 Å². The molecule has 5 heteroatoms. The number of hydrogen-bond acceptors (Lipinski definition) is 2. The molecule has 0 amide bonds. The second-order valence-corrected chi connectivity index (χ2v) is 4.55. The molecule has 1 rings (SSSR count). The summed E-state index contributed by atoms with van der Waals surface area (Å²) in [6.07, 6.45) is -5.10. The van der Waals surface area contributed by atoms with Gasteiger partial charge in [0.1, 0.15) is 5.75 Å². The third-order valence-electron chi connectivity index (χ3n) is 2.85. The van der Waals surface area contributed by atoms with Crippen LogP contribution < -0.4 is 10.1 Å². The number of halogens is 3. The fourth-order valence-corrected chi connectivity index (χ4v) is 1.58. The molecule has 0 heterocycles. The van der Waals surface area contributed by atoms with Crippen LogP contribution in [-0.4, -0.2) is 18.8 Å². The summed E-state index contributed by atoms with van der Waals surface area (Å²) in [6.45, 7) is 6.00. The first kappa shape index (κ1) is 15.8. The number of alkyl halides is 3. The summed E-state index contributed by atoms with van der Waals surface area (Å²) in [7, 11) is 0. The van der Waals surface area contributed by atoms with Crippen LogP contribution in [0.4, 0.5) is 13.2 Å². The van der Waals surface area contributed by atoms with E-state index >= 15 is 0 Å². The van der Waals surface area contributed by atoms with Gasteiger partial charge in [-0.1, -0.05) is 19.1 Å². The largest absolute Gasteiger partial charge is 0.481 e. The standard InChI is InChI=1S/C14H20F3NO/c1-4-9-18-10(2)12-5-7-13(8-6-12)19-11(3)14(15,16)17/h5-8,10-11,18H,4,9H2,1-3H3. The third-order valence-corrected chi connectivity index (χ3v) is 2.85. The molecule has 0 fully saturated rings. The molecule has 0 aromatic heterocycles. The minimum absolute atomic E-state index is 0.175. The Kier molecular flexibility index (Phi) is 5.66. The molecule has 0 saturated carbocycles. The molecule has 2 unspecified atom stereocenters. The molecule has 2 atom stereocenters. The van der Waals surface area contributed by atoms with E-state index in [1.54, 1.807) is 24.3 Å². The van der Waals surface area contributed by atoms with Crippen molar-refractivity contribution in [3.8, 4) is 5.75 Å². The molecule has 0 aliphatic rings. The van der Waals surface area contributed by atoms with Crippen LogP contribution in [0, 0.1) is 0 Å². The van der Waals surface area contributed by atoms with E-state index in [4.69, 9.17) is 4.74 Å². The van der Waals surface area contributed by atoms with E-state index in [0.717, 1.165) is 25.5 Å². The smallest absolute Gasteiger partial charge is 0.425 e. The Hall–Kier alpha value is -1.23. The Balaban J connectivity index is 2.61. The van der Waals surface area contributed by atoms with Gasteiger partial charge < -0.3 is 10.1 Å². The van der Waals surface area contributed by atoms with E-state index in [9.17, 15) is 13.2 Å². The van der Waals surface area contributed by atoms with Gasteiger partial charge in [0.05, 0.1) is 0 Å². The lowest BCUT2D eigenvalue weighted by molar-refractivity contribution is -0.189. The Morgan fingerprint density at radius 2 is 1.74 bits per heavy atom. The van der Waals surface area contributed by atoms with Crippen molar-refractivity contribution in [2.24, 2.45) is 0 Å². The van der Waals surface area contributed by atoms with Crippen molar-refractivity contribution in [1.29, 1.82) is 0 Å². The van der Waals surface area contributed by atoms with Crippen LogP contribution in [0.1, 0.15) is 38.8 Å². The monoisotopic (exact) mass is 275 g/mol. The quantitative estimate of drug-likeness (QED) is 0.844. The highest BCUT2D eigenvalue weighted by Gasteiger charge is 2.37. The van der Waals surface area contributed by atoms with Crippen molar-refractivity contribution >= 4 is 0 Å². The Morgan fingerprint density at radius 3 is 2.21 bits per heavy atom. The molecule has 0 aliphatic heterocycles. The van der Waals surface area contributed by atoms with E-state index in [2.05, 4.69) is 12.2 Å². The number of rotatable bonds is 6. The average molecular weight is 275 g/mol. The molecular weight excluding hydrogens is 255 g/mol. The molecule has 1 N–H and O–H groups in total. The van der Waals surface area contributed by atoms with Gasteiger partial charge in [-0.25, -0.2) is 0 Å². The van der Waals surface area contributed by atoms with Gasteiger partial charge >= 0.3 is 6.18 Å². The average Bonchev–Trinajstić information content (AvgIpc) is 2.35. The molecule has 19 heavy (non-hydrogen) atoms. The molecule has 0 bridgehead atoms. The minimum atomic E-state index is -4.34. The first-order valence-corrected chi connectivity index (χ1v) is 6.41. The van der Waals surface area contributed by atoms with Crippen molar-refractivity contribution in [2.45, 2.75) is 45.5 Å². The van der Waals surface area contributed by atoms with Crippen LogP contribution in [0.3, 0.4) is 0 Å². The van der Waals surface area contributed by atoms with Crippen LogP contribution in [0.2, 0.25) is 0 Å². The zero-order valence-electron chi connectivity index (χ0n) is 11.4. The zero-order valence-corrected chi connectivity index (χ0v) is 11.4. The van der Waals surface area contributed by atoms with Crippen molar-refractivity contribution in [1.82, 2.24) is 5.32 Å². The third kappa shape index (κ3) is 5.11. The summed E-state index contributed by atoms with van der Waals surface area (Å²) >= 11 is 0. The van der Waals surface area contributed by atoms with Gasteiger partial charge in [-0.2, -0.15) is 13.2 Å². The Labute approximate surface area is 112 Å². The predicted octanol–water partition coefficient (Wildman–Crippen LogP) is 4.08. The van der Waals surface area contributed by atoms with E-state index in [0.29, 0.717) is 0 Å². The maximum Gasteiger partial charge on any atom is 0.425 e. The van der Waals surface area contributed by atoms with E-state index in [1.165, 1.54) is 0 Å². The first-order valence-electron chi connectivity index (χ1n) is 6.41. The SMILES string of the molecule is CCCNC(C)c1ccc(OC(C)C(F)(F)F)cc1. The summed E-state index contributed by atoms with van der Waals surface area (Å²) in [5, 5.41) is 3.31. The maximum atomic E-state index is 12.3. The topological polar surface area (TPSA) is 21.3 Å². The molecule has 1 aromatic carbocycles. The lowest BCUT2D eigenvalue weighted by atomic mass is 10.1. The second-order valence-electron chi connectivity index (χ2n) is 4.55. The minimum Gasteiger partial charge on any atom is -0.481 e. The lowest BCUT2D eigenvalue weighted by Crippen LogP contribution is -2.31. The summed E-state index contributed by atoms with van der Waals surface area (Å²) in [5.74, 6) is 0.233. The molecule has 108 valence electrons. The molecule has 0 saturated heterocycles. The van der Waals surface area contributed by atoms with Crippen molar-refractivity contribution in [2.75, 3.05) is 6.54 Å². The maximum absolute atomic E-state index is 12.3. The first-order chi connectivity index (χ1) is 8.84. The van der Waals surface area contributed by atoms with Gasteiger partial charge in [0.25, 0.3) is 0 Å². The van der Waals surface area contributed by atoms with Crippen molar-refractivity contribution in [3.63, 3.8) is 0 Å². The van der Waals surface area contributed by atoms with Gasteiger partial charge in [0, 0.05) is 6.04 Å². The van der Waals surface area contributed by atoms with Gasteiger partial charge in [0.15, 0.2) is 6.10 Å². The molecule has 0 spiro atoms. The van der Waals surface area contributed by atoms with E-state index in [-0.39, 0.29) is 11.8 Å². The normalized spacial score (nSPS) is 15.1. The van der Waals surface area contributed by atoms with Gasteiger partial charge in [0.2, 0.25) is 0 Å². The number of nitrogens with one attached hydrogen (secondary N) is 1. The van der Waals surface area contributed by atoms with Crippen LogP contribution in [0.5, 0.6) is 5.75 Å². The zero-order chi connectivity index (χ0) is 14.5. The molecular formula is C14H20F3NO. The summed E-state index contributed by atoms with van der Waals surface area (Å²) < 4.78 is 41.9. The predicted molar refractivity (Wildman–Crippen MR) is 69.3 cm³/mol. The van der Waals surface area contributed by atoms with Crippen molar-refractivity contribution < 1.29 is 17.9 Å². The van der Waals surface area contributed by atoms with Crippen molar-refractivity contribution in [3.05, 3.63) is 29.8 Å². The highest BCUT2D eigenvalue weighted by Crippen LogP contribution is 2.25. The summed E-state index contributed by atoms with van der Waals surface area (Å²) in [6, 6.07) is 6.88. The van der Waals surface area contributed by atoms with Crippen LogP contribution >= 0.6 is 0 Å². The lowest BCUT2D eigenvalue weighted by Gasteiger charge is -2.18. The molecule has 0 radical (unpaired) electrons. The van der Waals surface area contributed by atoms with Crippen LogP contribution in [0.15, 0.2) is 24.3 Å². The molecule has 1 aromatic rings. The highest BCUT2D eigenvalue weighted by atomic mass is 19.4. The Bertz CT molecular complexity index is 375. The summed E-state index contributed by atoms with van der Waals surface area (Å²) in [5.41, 5.74) is 1.03. The van der Waals surface area contributed by atoms with E-state index < -0.39 is 12.3 Å². The molecule has 0 aliphatic carbocycles. The van der Waals surface area contributed by atoms with Gasteiger partial charge in [-0.05, 0) is 44.5 Å². The number of hydrogen-bond donors (Lipinski definition) is 1. The number of benzene rings is 1. The summed E-state index contributed by atoms with van der Waals surface area (Å²) in [4.78, 5) is 0. The van der Waals surface area contributed by atoms with Gasteiger partial charge in [-0.15, -0.1) is 0 Å². The van der Waals surface area contributed by atoms with Gasteiger partial charge in [-0.3, -0.25) is 0 Å². The fourth-order valence-electron chi connectivity index (χ4n) is 1.58. The van der Waals surface area contributed by atoms with E-state index in [1.807, 2.05) is 6.92 Å².